The van der Waals surface area contributed by atoms with E-state index < -0.39 is 15.7 Å². The summed E-state index contributed by atoms with van der Waals surface area (Å²) in [6.45, 7) is 1.77. The molecule has 3 aromatic rings. The topological polar surface area (TPSA) is 116 Å². The molecule has 1 saturated heterocycles. The van der Waals surface area contributed by atoms with Crippen molar-refractivity contribution in [1.82, 2.24) is 19.6 Å². The van der Waals surface area contributed by atoms with E-state index in [-0.39, 0.29) is 28.8 Å². The number of hydrogen-bond acceptors (Lipinski definition) is 6. The zero-order chi connectivity index (χ0) is 20.1. The van der Waals surface area contributed by atoms with Gasteiger partial charge >= 0.3 is 0 Å². The van der Waals surface area contributed by atoms with Gasteiger partial charge in [-0.2, -0.15) is 10.2 Å². The first-order chi connectivity index (χ1) is 13.2. The van der Waals surface area contributed by atoms with Gasteiger partial charge in [0.2, 0.25) is 0 Å². The van der Waals surface area contributed by atoms with Crippen LogP contribution in [-0.2, 0) is 16.9 Å². The van der Waals surface area contributed by atoms with Crippen LogP contribution in [0.5, 0.6) is 0 Å². The van der Waals surface area contributed by atoms with Gasteiger partial charge in [0.25, 0.3) is 11.5 Å². The van der Waals surface area contributed by atoms with Crippen molar-refractivity contribution in [2.24, 2.45) is 7.05 Å². The van der Waals surface area contributed by atoms with Gasteiger partial charge < -0.3 is 5.32 Å². The number of aromatic nitrogens is 4. The van der Waals surface area contributed by atoms with Gasteiger partial charge in [0.15, 0.2) is 15.5 Å². The fourth-order valence-corrected chi connectivity index (χ4v) is 5.19. The Morgan fingerprint density at radius 1 is 1.21 bits per heavy atom. The first-order valence-corrected chi connectivity index (χ1v) is 10.6. The van der Waals surface area contributed by atoms with Crippen LogP contribution in [0.4, 0.5) is 5.82 Å². The molecule has 0 bridgehead atoms. The summed E-state index contributed by atoms with van der Waals surface area (Å²) in [5.74, 6) is 0.0211. The Kier molecular flexibility index (Phi) is 4.30. The molecule has 4 rings (SSSR count). The Labute approximate surface area is 160 Å². The number of nitrogens with zero attached hydrogens (tertiary/aromatic N) is 4. The summed E-state index contributed by atoms with van der Waals surface area (Å²) in [5, 5.41) is 12.1. The average molecular weight is 401 g/mol. The third kappa shape index (κ3) is 3.19. The van der Waals surface area contributed by atoms with Gasteiger partial charge in [-0.05, 0) is 19.4 Å². The van der Waals surface area contributed by atoms with Crippen LogP contribution in [0.25, 0.3) is 10.8 Å². The Balaban J connectivity index is 1.72. The summed E-state index contributed by atoms with van der Waals surface area (Å²) in [6, 6.07) is 8.15. The zero-order valence-corrected chi connectivity index (χ0v) is 16.2. The molecule has 1 amide bonds. The minimum Gasteiger partial charge on any atom is -0.305 e. The second kappa shape index (κ2) is 6.55. The van der Waals surface area contributed by atoms with Gasteiger partial charge in [-0.25, -0.2) is 17.8 Å². The van der Waals surface area contributed by atoms with Crippen molar-refractivity contribution < 1.29 is 13.2 Å². The van der Waals surface area contributed by atoms with Crippen LogP contribution in [0, 0.1) is 6.92 Å². The lowest BCUT2D eigenvalue weighted by Crippen LogP contribution is -2.26. The minimum absolute atomic E-state index is 0.00197. The molecular weight excluding hydrogens is 382 g/mol. The lowest BCUT2D eigenvalue weighted by molar-refractivity contribution is 0.102. The lowest BCUT2D eigenvalue weighted by Gasteiger charge is -2.14. The molecule has 0 unspecified atom stereocenters. The van der Waals surface area contributed by atoms with E-state index in [4.69, 9.17) is 0 Å². The number of benzene rings is 1. The number of carbonyl (C=O) groups excluding carboxylic acids is 1. The SMILES string of the molecule is Cc1cc(NC(=O)c2nn(C)c(=O)c3ccccc23)n([C@@H]2CCS(=O)(=O)C2)n1. The molecule has 1 fully saturated rings. The third-order valence-corrected chi connectivity index (χ3v) is 6.58. The maximum absolute atomic E-state index is 12.9. The number of anilines is 1. The number of aryl methyl sites for hydroxylation is 2. The predicted octanol–water partition coefficient (Wildman–Crippen LogP) is 1.05. The Morgan fingerprint density at radius 2 is 1.93 bits per heavy atom. The van der Waals surface area contributed by atoms with Crippen LogP contribution in [0.15, 0.2) is 35.1 Å². The quantitative estimate of drug-likeness (QED) is 0.701. The molecule has 10 heteroatoms. The molecule has 9 nitrogen and oxygen atoms in total. The van der Waals surface area contributed by atoms with E-state index in [9.17, 15) is 18.0 Å². The molecule has 1 aromatic carbocycles. The highest BCUT2D eigenvalue weighted by molar-refractivity contribution is 7.91. The highest BCUT2D eigenvalue weighted by atomic mass is 32.2. The highest BCUT2D eigenvalue weighted by Crippen LogP contribution is 2.27. The predicted molar refractivity (Wildman–Crippen MR) is 104 cm³/mol. The number of nitrogens with one attached hydrogen (secondary N) is 1. The van der Waals surface area contributed by atoms with Gasteiger partial charge in [-0.1, -0.05) is 18.2 Å². The molecule has 0 aliphatic carbocycles. The number of carbonyl (C=O) groups is 1. The van der Waals surface area contributed by atoms with Crippen molar-refractivity contribution >= 4 is 32.3 Å². The van der Waals surface area contributed by atoms with Crippen LogP contribution in [0.1, 0.15) is 28.6 Å². The largest absolute Gasteiger partial charge is 0.305 e. The number of sulfone groups is 1. The standard InChI is InChI=1S/C18H19N5O4S/c1-11-9-15(23(20-11)12-7-8-28(26,27)10-12)19-17(24)16-13-5-3-4-6-14(13)18(25)22(2)21-16/h3-6,9,12H,7-8,10H2,1-2H3,(H,19,24)/t12-/m1/s1. The molecule has 146 valence electrons. The molecule has 1 atom stereocenters. The molecule has 0 radical (unpaired) electrons. The summed E-state index contributed by atoms with van der Waals surface area (Å²) in [4.78, 5) is 25.2. The van der Waals surface area contributed by atoms with E-state index in [0.29, 0.717) is 28.7 Å². The van der Waals surface area contributed by atoms with Crippen molar-refractivity contribution in [3.05, 3.63) is 52.1 Å². The van der Waals surface area contributed by atoms with E-state index in [1.807, 2.05) is 0 Å². The molecule has 3 heterocycles. The van der Waals surface area contributed by atoms with Gasteiger partial charge in [-0.3, -0.25) is 9.59 Å². The highest BCUT2D eigenvalue weighted by Gasteiger charge is 2.31. The van der Waals surface area contributed by atoms with Crippen LogP contribution in [0.3, 0.4) is 0 Å². The molecule has 0 spiro atoms. The van der Waals surface area contributed by atoms with E-state index in [1.165, 1.54) is 7.05 Å². The molecular formula is C18H19N5O4S. The molecule has 1 N–H and O–H groups in total. The second-order valence-electron chi connectivity index (χ2n) is 6.95. The van der Waals surface area contributed by atoms with Crippen molar-refractivity contribution in [1.29, 1.82) is 0 Å². The molecule has 1 aliphatic heterocycles. The molecule has 1 aliphatic rings. The van der Waals surface area contributed by atoms with Crippen LogP contribution < -0.4 is 10.9 Å². The monoisotopic (exact) mass is 401 g/mol. The van der Waals surface area contributed by atoms with Gasteiger partial charge in [0, 0.05) is 18.5 Å². The summed E-state index contributed by atoms with van der Waals surface area (Å²) >= 11 is 0. The van der Waals surface area contributed by atoms with E-state index in [2.05, 4.69) is 15.5 Å². The van der Waals surface area contributed by atoms with Crippen molar-refractivity contribution in [3.8, 4) is 0 Å². The maximum atomic E-state index is 12.9. The number of amides is 1. The van der Waals surface area contributed by atoms with Crippen LogP contribution in [-0.4, -0.2) is 45.4 Å². The fourth-order valence-electron chi connectivity index (χ4n) is 3.50. The van der Waals surface area contributed by atoms with Crippen molar-refractivity contribution in [3.63, 3.8) is 0 Å². The molecule has 28 heavy (non-hydrogen) atoms. The summed E-state index contributed by atoms with van der Waals surface area (Å²) in [5.41, 5.74) is 0.490. The Hall–Kier alpha value is -3.01. The molecule has 2 aromatic heterocycles. The van der Waals surface area contributed by atoms with Gasteiger partial charge in [-0.15, -0.1) is 0 Å². The maximum Gasteiger partial charge on any atom is 0.277 e. The summed E-state index contributed by atoms with van der Waals surface area (Å²) in [7, 11) is -1.61. The minimum atomic E-state index is -3.09. The van der Waals surface area contributed by atoms with E-state index in [0.717, 1.165) is 4.68 Å². The molecule has 0 saturated carbocycles. The van der Waals surface area contributed by atoms with Gasteiger partial charge in [0.1, 0.15) is 5.82 Å². The first kappa shape index (κ1) is 18.4. The fraction of sp³-hybridized carbons (Fsp3) is 0.333. The van der Waals surface area contributed by atoms with Gasteiger partial charge in [0.05, 0.1) is 28.6 Å². The van der Waals surface area contributed by atoms with Crippen LogP contribution in [0.2, 0.25) is 0 Å². The Bertz CT molecular complexity index is 1260. The van der Waals surface area contributed by atoms with E-state index in [1.54, 1.807) is 41.9 Å². The number of hydrogen-bond donors (Lipinski definition) is 1. The first-order valence-electron chi connectivity index (χ1n) is 8.79. The smallest absolute Gasteiger partial charge is 0.277 e. The number of rotatable bonds is 3. The lowest BCUT2D eigenvalue weighted by atomic mass is 10.1. The van der Waals surface area contributed by atoms with Crippen molar-refractivity contribution in [2.75, 3.05) is 16.8 Å². The van der Waals surface area contributed by atoms with Crippen molar-refractivity contribution in [2.45, 2.75) is 19.4 Å². The summed E-state index contributed by atoms with van der Waals surface area (Å²) < 4.78 is 26.3. The Morgan fingerprint density at radius 3 is 2.61 bits per heavy atom. The zero-order valence-electron chi connectivity index (χ0n) is 15.4. The van der Waals surface area contributed by atoms with Crippen LogP contribution >= 0.6 is 0 Å². The van der Waals surface area contributed by atoms with E-state index >= 15 is 0 Å². The third-order valence-electron chi connectivity index (χ3n) is 4.83. The summed E-state index contributed by atoms with van der Waals surface area (Å²) in [6.07, 6.45) is 0.452. The normalized spacial score (nSPS) is 18.4. The second-order valence-corrected chi connectivity index (χ2v) is 9.18. The average Bonchev–Trinajstić information content (AvgIpc) is 3.19. The number of fused-ring (bicyclic) bond motifs is 1.